The van der Waals surface area contributed by atoms with Crippen LogP contribution in [0.15, 0.2) is 42.5 Å². The summed E-state index contributed by atoms with van der Waals surface area (Å²) in [5.74, 6) is -0.503. The van der Waals surface area contributed by atoms with Gasteiger partial charge in [-0.05, 0) is 37.1 Å². The molecule has 1 heterocycles. The number of carbonyl (C=O) groups excluding carboxylic acids is 2. The molecule has 1 aliphatic heterocycles. The molecule has 5 heteroatoms. The molecule has 2 aromatic rings. The summed E-state index contributed by atoms with van der Waals surface area (Å²) in [7, 11) is 0. The summed E-state index contributed by atoms with van der Waals surface area (Å²) in [5, 5.41) is 3.35. The first-order chi connectivity index (χ1) is 11.9. The number of amides is 2. The maximum atomic E-state index is 12.5. The molecule has 1 atom stereocenters. The van der Waals surface area contributed by atoms with E-state index in [0.717, 1.165) is 11.1 Å². The maximum Gasteiger partial charge on any atom is 0.229 e. The largest absolute Gasteiger partial charge is 0.338 e. The van der Waals surface area contributed by atoms with E-state index in [1.807, 2.05) is 44.2 Å². The van der Waals surface area contributed by atoms with Gasteiger partial charge < -0.3 is 10.2 Å². The average Bonchev–Trinajstić information content (AvgIpc) is 2.93. The lowest BCUT2D eigenvalue weighted by molar-refractivity contribution is -0.128. The third kappa shape index (κ3) is 4.20. The summed E-state index contributed by atoms with van der Waals surface area (Å²) in [4.78, 5) is 26.5. The highest BCUT2D eigenvalue weighted by Gasteiger charge is 2.34. The SMILES string of the molecule is Cc1ccc(CN2CC(C(=O)Nc3ccc(C)cc3Cl)CC2=O)cc1. The maximum absolute atomic E-state index is 12.5. The molecule has 1 unspecified atom stereocenters. The number of hydrogen-bond acceptors (Lipinski definition) is 2. The van der Waals surface area contributed by atoms with E-state index in [-0.39, 0.29) is 24.2 Å². The molecule has 1 aliphatic rings. The molecule has 3 rings (SSSR count). The molecule has 2 amide bonds. The third-order valence-electron chi connectivity index (χ3n) is 4.46. The summed E-state index contributed by atoms with van der Waals surface area (Å²) in [6, 6.07) is 13.6. The summed E-state index contributed by atoms with van der Waals surface area (Å²) in [6.45, 7) is 4.94. The molecule has 1 fully saturated rings. The Labute approximate surface area is 152 Å². The van der Waals surface area contributed by atoms with Crippen molar-refractivity contribution in [1.29, 1.82) is 0 Å². The van der Waals surface area contributed by atoms with Gasteiger partial charge in [0.2, 0.25) is 11.8 Å². The van der Waals surface area contributed by atoms with Crippen LogP contribution in [0, 0.1) is 19.8 Å². The molecule has 0 saturated carbocycles. The van der Waals surface area contributed by atoms with Crippen LogP contribution in [0.2, 0.25) is 5.02 Å². The van der Waals surface area contributed by atoms with Gasteiger partial charge in [0.05, 0.1) is 16.6 Å². The van der Waals surface area contributed by atoms with Gasteiger partial charge in [0.25, 0.3) is 0 Å². The predicted molar refractivity (Wildman–Crippen MR) is 99.5 cm³/mol. The minimum Gasteiger partial charge on any atom is -0.338 e. The van der Waals surface area contributed by atoms with E-state index < -0.39 is 0 Å². The number of anilines is 1. The highest BCUT2D eigenvalue weighted by molar-refractivity contribution is 6.33. The van der Waals surface area contributed by atoms with Crippen molar-refractivity contribution in [3.8, 4) is 0 Å². The van der Waals surface area contributed by atoms with E-state index in [1.165, 1.54) is 5.56 Å². The molecule has 4 nitrogen and oxygen atoms in total. The standard InChI is InChI=1S/C20H21ClN2O2/c1-13-3-6-15(7-4-13)11-23-12-16(10-19(23)24)20(25)22-18-8-5-14(2)9-17(18)21/h3-9,16H,10-12H2,1-2H3,(H,22,25). The Hall–Kier alpha value is -2.33. The molecule has 0 bridgehead atoms. The molecule has 0 spiro atoms. The number of nitrogens with one attached hydrogen (secondary N) is 1. The van der Waals surface area contributed by atoms with Gasteiger partial charge in [-0.3, -0.25) is 9.59 Å². The van der Waals surface area contributed by atoms with Crippen LogP contribution in [0.4, 0.5) is 5.69 Å². The van der Waals surface area contributed by atoms with Crippen molar-refractivity contribution in [3.05, 3.63) is 64.2 Å². The van der Waals surface area contributed by atoms with Crippen LogP contribution < -0.4 is 5.32 Å². The van der Waals surface area contributed by atoms with Crippen LogP contribution >= 0.6 is 11.6 Å². The number of aryl methyl sites for hydroxylation is 2. The second-order valence-electron chi connectivity index (χ2n) is 6.63. The van der Waals surface area contributed by atoms with E-state index >= 15 is 0 Å². The molecule has 130 valence electrons. The Balaban J connectivity index is 1.63. The lowest BCUT2D eigenvalue weighted by Gasteiger charge is -2.17. The molecule has 0 aliphatic carbocycles. The van der Waals surface area contributed by atoms with E-state index in [2.05, 4.69) is 5.32 Å². The van der Waals surface area contributed by atoms with Crippen molar-refractivity contribution in [2.24, 2.45) is 5.92 Å². The van der Waals surface area contributed by atoms with Crippen LogP contribution in [0.25, 0.3) is 0 Å². The monoisotopic (exact) mass is 356 g/mol. The van der Waals surface area contributed by atoms with Gasteiger partial charge in [-0.15, -0.1) is 0 Å². The van der Waals surface area contributed by atoms with Crippen LogP contribution in [-0.2, 0) is 16.1 Å². The van der Waals surface area contributed by atoms with Gasteiger partial charge in [-0.1, -0.05) is 47.5 Å². The minimum absolute atomic E-state index is 0.00993. The molecule has 2 aromatic carbocycles. The second kappa shape index (κ2) is 7.28. The first kappa shape index (κ1) is 17.5. The topological polar surface area (TPSA) is 49.4 Å². The van der Waals surface area contributed by atoms with Crippen LogP contribution in [0.3, 0.4) is 0 Å². The normalized spacial score (nSPS) is 17.0. The van der Waals surface area contributed by atoms with E-state index in [1.54, 1.807) is 17.0 Å². The van der Waals surface area contributed by atoms with Crippen molar-refractivity contribution < 1.29 is 9.59 Å². The first-order valence-electron chi connectivity index (χ1n) is 8.32. The number of carbonyl (C=O) groups is 2. The quantitative estimate of drug-likeness (QED) is 0.901. The van der Waals surface area contributed by atoms with Crippen molar-refractivity contribution in [3.63, 3.8) is 0 Å². The average molecular weight is 357 g/mol. The Morgan fingerprint density at radius 1 is 1.16 bits per heavy atom. The lowest BCUT2D eigenvalue weighted by atomic mass is 10.1. The number of halogens is 1. The molecular weight excluding hydrogens is 336 g/mol. The van der Waals surface area contributed by atoms with Crippen LogP contribution in [0.5, 0.6) is 0 Å². The first-order valence-corrected chi connectivity index (χ1v) is 8.70. The fourth-order valence-corrected chi connectivity index (χ4v) is 3.25. The summed E-state index contributed by atoms with van der Waals surface area (Å²) in [5.41, 5.74) is 3.87. The van der Waals surface area contributed by atoms with Crippen molar-refractivity contribution in [2.75, 3.05) is 11.9 Å². The minimum atomic E-state index is -0.352. The van der Waals surface area contributed by atoms with Gasteiger partial charge in [0.15, 0.2) is 0 Å². The third-order valence-corrected chi connectivity index (χ3v) is 4.77. The van der Waals surface area contributed by atoms with Crippen molar-refractivity contribution in [1.82, 2.24) is 4.90 Å². The molecule has 1 saturated heterocycles. The Morgan fingerprint density at radius 3 is 2.52 bits per heavy atom. The lowest BCUT2D eigenvalue weighted by Crippen LogP contribution is -2.28. The number of benzene rings is 2. The molecular formula is C20H21ClN2O2. The van der Waals surface area contributed by atoms with Gasteiger partial charge in [0.1, 0.15) is 0 Å². The number of nitrogens with zero attached hydrogens (tertiary/aromatic N) is 1. The fraction of sp³-hybridized carbons (Fsp3) is 0.300. The van der Waals surface area contributed by atoms with E-state index in [9.17, 15) is 9.59 Å². The fourth-order valence-electron chi connectivity index (χ4n) is 2.97. The zero-order valence-electron chi connectivity index (χ0n) is 14.4. The summed E-state index contributed by atoms with van der Waals surface area (Å²) < 4.78 is 0. The van der Waals surface area contributed by atoms with Crippen LogP contribution in [-0.4, -0.2) is 23.3 Å². The number of hydrogen-bond donors (Lipinski definition) is 1. The van der Waals surface area contributed by atoms with Gasteiger partial charge in [-0.2, -0.15) is 0 Å². The second-order valence-corrected chi connectivity index (χ2v) is 7.04. The Bertz CT molecular complexity index is 802. The van der Waals surface area contributed by atoms with Gasteiger partial charge in [-0.25, -0.2) is 0 Å². The smallest absolute Gasteiger partial charge is 0.229 e. The summed E-state index contributed by atoms with van der Waals surface area (Å²) >= 11 is 6.17. The number of rotatable bonds is 4. The highest BCUT2D eigenvalue weighted by atomic mass is 35.5. The Morgan fingerprint density at radius 2 is 1.84 bits per heavy atom. The van der Waals surface area contributed by atoms with E-state index in [0.29, 0.717) is 23.8 Å². The van der Waals surface area contributed by atoms with Crippen molar-refractivity contribution >= 4 is 29.1 Å². The van der Waals surface area contributed by atoms with Crippen molar-refractivity contribution in [2.45, 2.75) is 26.8 Å². The summed E-state index contributed by atoms with van der Waals surface area (Å²) in [6.07, 6.45) is 0.237. The molecule has 25 heavy (non-hydrogen) atoms. The molecule has 0 aromatic heterocycles. The van der Waals surface area contributed by atoms with Crippen LogP contribution in [0.1, 0.15) is 23.1 Å². The highest BCUT2D eigenvalue weighted by Crippen LogP contribution is 2.26. The zero-order chi connectivity index (χ0) is 18.0. The zero-order valence-corrected chi connectivity index (χ0v) is 15.1. The number of likely N-dealkylation sites (tertiary alicyclic amines) is 1. The Kier molecular flexibility index (Phi) is 5.09. The molecule has 1 N–H and O–H groups in total. The molecule has 0 radical (unpaired) electrons. The van der Waals surface area contributed by atoms with Gasteiger partial charge >= 0.3 is 0 Å². The van der Waals surface area contributed by atoms with E-state index in [4.69, 9.17) is 11.6 Å². The predicted octanol–water partition coefficient (Wildman–Crippen LogP) is 3.94. The van der Waals surface area contributed by atoms with Gasteiger partial charge in [0, 0.05) is 19.5 Å².